The molecule has 1 heterocycles. The molecule has 2 N–H and O–H groups in total. The first-order valence-corrected chi connectivity index (χ1v) is 13.3. The van der Waals surface area contributed by atoms with E-state index in [4.69, 9.17) is 4.74 Å². The minimum Gasteiger partial charge on any atom is -0.480 e. The Kier molecular flexibility index (Phi) is 7.65. The zero-order valence-corrected chi connectivity index (χ0v) is 22.2. The van der Waals surface area contributed by atoms with Gasteiger partial charge in [-0.15, -0.1) is 0 Å². The zero-order chi connectivity index (χ0) is 27.5. The number of hydrogen-bond donors (Lipinski definition) is 2. The summed E-state index contributed by atoms with van der Waals surface area (Å²) in [5, 5.41) is 12.3. The molecule has 2 aliphatic rings. The fourth-order valence-electron chi connectivity index (χ4n) is 5.44. The van der Waals surface area contributed by atoms with E-state index in [1.165, 1.54) is 0 Å². The van der Waals surface area contributed by atoms with Gasteiger partial charge in [-0.05, 0) is 53.8 Å². The third-order valence-electron chi connectivity index (χ3n) is 7.60. The zero-order valence-electron chi connectivity index (χ0n) is 22.2. The van der Waals surface area contributed by atoms with Crippen LogP contribution in [-0.2, 0) is 20.7 Å². The van der Waals surface area contributed by atoms with Crippen LogP contribution in [0.4, 0.5) is 10.5 Å². The molecular formula is C31H33N3O5. The predicted octanol–water partition coefficient (Wildman–Crippen LogP) is 4.28. The minimum atomic E-state index is -1.15. The van der Waals surface area contributed by atoms with Crippen molar-refractivity contribution in [3.63, 3.8) is 0 Å². The number of carbonyl (C=O) groups excluding carboxylic acids is 2. The molecule has 1 fully saturated rings. The van der Waals surface area contributed by atoms with Gasteiger partial charge in [-0.2, -0.15) is 0 Å². The highest BCUT2D eigenvalue weighted by Gasteiger charge is 2.30. The van der Waals surface area contributed by atoms with Crippen LogP contribution in [0.2, 0.25) is 0 Å². The molecule has 0 unspecified atom stereocenters. The number of amides is 2. The van der Waals surface area contributed by atoms with Gasteiger partial charge in [0.05, 0.1) is 6.54 Å². The van der Waals surface area contributed by atoms with Crippen LogP contribution in [0.3, 0.4) is 0 Å². The maximum absolute atomic E-state index is 12.7. The van der Waals surface area contributed by atoms with Crippen LogP contribution in [0.25, 0.3) is 11.1 Å². The highest BCUT2D eigenvalue weighted by molar-refractivity contribution is 5.95. The van der Waals surface area contributed by atoms with E-state index >= 15 is 0 Å². The number of rotatable bonds is 8. The average Bonchev–Trinajstić information content (AvgIpc) is 3.25. The first kappa shape index (κ1) is 26.4. The highest BCUT2D eigenvalue weighted by Crippen LogP contribution is 2.44. The van der Waals surface area contributed by atoms with Crippen LogP contribution in [0.1, 0.15) is 36.5 Å². The number of aliphatic carboxylic acids is 1. The first-order valence-electron chi connectivity index (χ1n) is 13.3. The fourth-order valence-corrected chi connectivity index (χ4v) is 5.44. The molecule has 2 amide bonds. The van der Waals surface area contributed by atoms with Crippen molar-refractivity contribution in [3.05, 3.63) is 89.5 Å². The van der Waals surface area contributed by atoms with Crippen molar-refractivity contribution in [3.8, 4) is 11.1 Å². The number of carboxylic acids is 1. The van der Waals surface area contributed by atoms with Crippen LogP contribution in [0.5, 0.6) is 0 Å². The Balaban J connectivity index is 1.19. The van der Waals surface area contributed by atoms with Crippen molar-refractivity contribution in [1.29, 1.82) is 0 Å². The number of nitrogens with one attached hydrogen (secondary N) is 1. The van der Waals surface area contributed by atoms with Gasteiger partial charge in [0.15, 0.2) is 0 Å². The first-order chi connectivity index (χ1) is 18.8. The van der Waals surface area contributed by atoms with Crippen LogP contribution in [0.15, 0.2) is 72.8 Å². The summed E-state index contributed by atoms with van der Waals surface area (Å²) < 4.78 is 5.53. The van der Waals surface area contributed by atoms with Gasteiger partial charge in [-0.25, -0.2) is 9.59 Å². The van der Waals surface area contributed by atoms with Gasteiger partial charge < -0.3 is 20.1 Å². The SMILES string of the molecule is CC(C)N1CCN(c2ccc(C[C@H](NC(=O)OCC3c4ccccc4-c4ccccc43)C(=O)O)cc2)C(=O)C1. The van der Waals surface area contributed by atoms with Gasteiger partial charge in [0, 0.05) is 37.2 Å². The third-order valence-corrected chi connectivity index (χ3v) is 7.60. The number of nitrogens with zero attached hydrogens (tertiary/aromatic N) is 2. The van der Waals surface area contributed by atoms with Crippen LogP contribution in [0, 0.1) is 0 Å². The molecule has 3 aromatic carbocycles. The molecule has 8 heteroatoms. The van der Waals surface area contributed by atoms with Crippen molar-refractivity contribution < 1.29 is 24.2 Å². The number of anilines is 1. The Morgan fingerprint density at radius 2 is 1.56 bits per heavy atom. The number of piperazine rings is 1. The number of ether oxygens (including phenoxy) is 1. The third kappa shape index (κ3) is 5.66. The lowest BCUT2D eigenvalue weighted by atomic mass is 9.98. The second kappa shape index (κ2) is 11.3. The van der Waals surface area contributed by atoms with Crippen molar-refractivity contribution in [2.24, 2.45) is 0 Å². The van der Waals surface area contributed by atoms with E-state index in [9.17, 15) is 19.5 Å². The molecule has 5 rings (SSSR count). The summed E-state index contributed by atoms with van der Waals surface area (Å²) in [4.78, 5) is 41.1. The normalized spacial score (nSPS) is 16.1. The second-order valence-electron chi connectivity index (χ2n) is 10.3. The van der Waals surface area contributed by atoms with Crippen molar-refractivity contribution in [2.45, 2.75) is 38.3 Å². The molecule has 0 bridgehead atoms. The summed E-state index contributed by atoms with van der Waals surface area (Å²) in [6.45, 7) is 6.05. The van der Waals surface area contributed by atoms with E-state index in [-0.39, 0.29) is 24.9 Å². The Hall–Kier alpha value is -4.17. The van der Waals surface area contributed by atoms with Gasteiger partial charge in [-0.1, -0.05) is 60.7 Å². The molecule has 1 atom stereocenters. The van der Waals surface area contributed by atoms with Gasteiger partial charge >= 0.3 is 12.1 Å². The molecule has 0 spiro atoms. The Morgan fingerprint density at radius 1 is 0.949 bits per heavy atom. The average molecular weight is 528 g/mol. The molecule has 39 heavy (non-hydrogen) atoms. The molecule has 0 aromatic heterocycles. The molecule has 1 saturated heterocycles. The van der Waals surface area contributed by atoms with E-state index in [2.05, 4.69) is 36.2 Å². The Morgan fingerprint density at radius 3 is 2.13 bits per heavy atom. The van der Waals surface area contributed by atoms with Crippen molar-refractivity contribution >= 4 is 23.7 Å². The minimum absolute atomic E-state index is 0.0445. The Bertz CT molecular complexity index is 1330. The van der Waals surface area contributed by atoms with Crippen LogP contribution < -0.4 is 10.2 Å². The molecular weight excluding hydrogens is 494 g/mol. The summed E-state index contributed by atoms with van der Waals surface area (Å²) in [6, 6.07) is 22.5. The number of carbonyl (C=O) groups is 3. The lowest BCUT2D eigenvalue weighted by molar-refractivity contribution is -0.139. The molecule has 202 valence electrons. The van der Waals surface area contributed by atoms with Crippen LogP contribution in [-0.4, -0.2) is 66.3 Å². The molecule has 0 radical (unpaired) electrons. The topological polar surface area (TPSA) is 99.2 Å². The number of carboxylic acid groups (broad SMARTS) is 1. The van der Waals surface area contributed by atoms with E-state index < -0.39 is 18.1 Å². The number of benzene rings is 3. The molecule has 1 aliphatic carbocycles. The monoisotopic (exact) mass is 527 g/mol. The number of hydrogen-bond acceptors (Lipinski definition) is 5. The summed E-state index contributed by atoms with van der Waals surface area (Å²) in [6.07, 6.45) is -0.677. The highest BCUT2D eigenvalue weighted by atomic mass is 16.5. The number of alkyl carbamates (subject to hydrolysis) is 1. The van der Waals surface area contributed by atoms with E-state index in [0.29, 0.717) is 19.1 Å². The quantitative estimate of drug-likeness (QED) is 0.454. The number of fused-ring (bicyclic) bond motifs is 3. The summed E-state index contributed by atoms with van der Waals surface area (Å²) >= 11 is 0. The van der Waals surface area contributed by atoms with E-state index in [1.54, 1.807) is 17.0 Å². The summed E-state index contributed by atoms with van der Waals surface area (Å²) in [5.41, 5.74) is 5.94. The maximum atomic E-state index is 12.7. The van der Waals surface area contributed by atoms with E-state index in [1.807, 2.05) is 48.5 Å². The summed E-state index contributed by atoms with van der Waals surface area (Å²) in [5.74, 6) is -1.21. The predicted molar refractivity (Wildman–Crippen MR) is 149 cm³/mol. The summed E-state index contributed by atoms with van der Waals surface area (Å²) in [7, 11) is 0. The van der Waals surface area contributed by atoms with Crippen molar-refractivity contribution in [1.82, 2.24) is 10.2 Å². The maximum Gasteiger partial charge on any atom is 0.407 e. The molecule has 3 aromatic rings. The van der Waals surface area contributed by atoms with E-state index in [0.717, 1.165) is 40.0 Å². The smallest absolute Gasteiger partial charge is 0.407 e. The van der Waals surface area contributed by atoms with Crippen molar-refractivity contribution in [2.75, 3.05) is 31.1 Å². The second-order valence-corrected chi connectivity index (χ2v) is 10.3. The standard InChI is InChI=1S/C31H33N3O5/c1-20(2)33-15-16-34(29(35)18-33)22-13-11-21(12-14-22)17-28(30(36)37)32-31(38)39-19-27-25-9-5-3-7-23(25)24-8-4-6-10-26(24)27/h3-14,20,27-28H,15-19H2,1-2H3,(H,32,38)(H,36,37)/t28-/m0/s1. The molecule has 0 saturated carbocycles. The van der Waals surface area contributed by atoms with Gasteiger partial charge in [0.1, 0.15) is 12.6 Å². The lowest BCUT2D eigenvalue weighted by Crippen LogP contribution is -2.52. The van der Waals surface area contributed by atoms with Gasteiger partial charge in [-0.3, -0.25) is 9.69 Å². The fraction of sp³-hybridized carbons (Fsp3) is 0.323. The molecule has 8 nitrogen and oxygen atoms in total. The van der Waals surface area contributed by atoms with Crippen LogP contribution >= 0.6 is 0 Å². The lowest BCUT2D eigenvalue weighted by Gasteiger charge is -2.36. The molecule has 1 aliphatic heterocycles. The van der Waals surface area contributed by atoms with Gasteiger partial charge in [0.25, 0.3) is 0 Å². The Labute approximate surface area is 228 Å². The largest absolute Gasteiger partial charge is 0.480 e. The van der Waals surface area contributed by atoms with Gasteiger partial charge in [0.2, 0.25) is 5.91 Å².